The molecule has 3 rings (SSSR count). The summed E-state index contributed by atoms with van der Waals surface area (Å²) in [5.74, 6) is 0.299. The van der Waals surface area contributed by atoms with Gasteiger partial charge < -0.3 is 9.84 Å². The van der Waals surface area contributed by atoms with Crippen molar-refractivity contribution in [2.45, 2.75) is 46.7 Å². The zero-order valence-corrected chi connectivity index (χ0v) is 15.4. The molecule has 0 fully saturated rings. The topological polar surface area (TPSA) is 90.0 Å². The number of hydrogen-bond acceptors (Lipinski definition) is 5. The lowest BCUT2D eigenvalue weighted by Crippen LogP contribution is -2.38. The number of nitrogens with zero attached hydrogens (tertiary/aromatic N) is 3. The summed E-state index contributed by atoms with van der Waals surface area (Å²) in [5, 5.41) is 11.7. The first kappa shape index (κ1) is 17.8. The first-order valence-electron chi connectivity index (χ1n) is 8.61. The summed E-state index contributed by atoms with van der Waals surface area (Å²) in [4.78, 5) is 25.4. The van der Waals surface area contributed by atoms with Gasteiger partial charge in [0.2, 0.25) is 5.91 Å². The van der Waals surface area contributed by atoms with E-state index in [1.54, 1.807) is 13.8 Å². The number of amides is 1. The first-order chi connectivity index (χ1) is 12.4. The van der Waals surface area contributed by atoms with E-state index in [1.165, 1.54) is 4.68 Å². The van der Waals surface area contributed by atoms with Crippen LogP contribution in [0.4, 0.5) is 0 Å². The lowest BCUT2D eigenvalue weighted by atomic mass is 10.1. The summed E-state index contributed by atoms with van der Waals surface area (Å²) in [5.41, 5.74) is 2.56. The molecule has 2 aromatic heterocycles. The van der Waals surface area contributed by atoms with E-state index in [9.17, 15) is 9.59 Å². The van der Waals surface area contributed by atoms with Crippen LogP contribution in [0.25, 0.3) is 10.9 Å². The predicted molar refractivity (Wildman–Crippen MR) is 97.9 cm³/mol. The molecule has 3 aromatic rings. The molecule has 0 radical (unpaired) electrons. The minimum atomic E-state index is -0.701. The number of carbonyl (C=O) groups is 1. The Morgan fingerprint density at radius 2 is 1.92 bits per heavy atom. The van der Waals surface area contributed by atoms with Crippen molar-refractivity contribution in [3.05, 3.63) is 57.2 Å². The standard InChI is InChI=1S/C19H22N4O3/c1-5-15(18(24)20-10-14-8-6-11(2)7-9-14)23-19(25)17-16(12(3)21-23)13(4)26-22-17/h6-9,15H,5,10H2,1-4H3,(H,20,24). The van der Waals surface area contributed by atoms with Gasteiger partial charge in [0.15, 0.2) is 5.52 Å². The van der Waals surface area contributed by atoms with Crippen LogP contribution in [0, 0.1) is 20.8 Å². The Hall–Kier alpha value is -2.96. The minimum absolute atomic E-state index is 0.208. The second-order valence-corrected chi connectivity index (χ2v) is 6.42. The molecule has 2 heterocycles. The third-order valence-corrected chi connectivity index (χ3v) is 4.46. The van der Waals surface area contributed by atoms with E-state index < -0.39 is 11.6 Å². The van der Waals surface area contributed by atoms with Gasteiger partial charge in [0.1, 0.15) is 11.8 Å². The van der Waals surface area contributed by atoms with E-state index in [0.29, 0.717) is 29.8 Å². The summed E-state index contributed by atoms with van der Waals surface area (Å²) >= 11 is 0. The van der Waals surface area contributed by atoms with Gasteiger partial charge in [-0.25, -0.2) is 4.68 Å². The van der Waals surface area contributed by atoms with E-state index in [2.05, 4.69) is 15.6 Å². The largest absolute Gasteiger partial charge is 0.360 e. The lowest BCUT2D eigenvalue weighted by Gasteiger charge is -2.17. The molecule has 1 atom stereocenters. The maximum atomic E-state index is 12.7. The molecule has 136 valence electrons. The van der Waals surface area contributed by atoms with Crippen LogP contribution in [-0.2, 0) is 11.3 Å². The number of aromatic nitrogens is 3. The van der Waals surface area contributed by atoms with Crippen molar-refractivity contribution in [1.82, 2.24) is 20.3 Å². The zero-order chi connectivity index (χ0) is 18.8. The van der Waals surface area contributed by atoms with Crippen LogP contribution >= 0.6 is 0 Å². The maximum absolute atomic E-state index is 12.7. The Morgan fingerprint density at radius 1 is 1.23 bits per heavy atom. The molecule has 1 amide bonds. The fourth-order valence-electron chi connectivity index (χ4n) is 3.00. The second-order valence-electron chi connectivity index (χ2n) is 6.42. The number of benzene rings is 1. The van der Waals surface area contributed by atoms with Gasteiger partial charge in [-0.1, -0.05) is 41.9 Å². The minimum Gasteiger partial charge on any atom is -0.360 e. The Kier molecular flexibility index (Phi) is 4.88. The summed E-state index contributed by atoms with van der Waals surface area (Å²) < 4.78 is 6.33. The highest BCUT2D eigenvalue weighted by atomic mass is 16.5. The van der Waals surface area contributed by atoms with E-state index in [0.717, 1.165) is 11.1 Å². The molecule has 7 nitrogen and oxygen atoms in total. The average Bonchev–Trinajstić information content (AvgIpc) is 3.02. The molecule has 0 saturated carbocycles. The van der Waals surface area contributed by atoms with Crippen molar-refractivity contribution in [3.8, 4) is 0 Å². The van der Waals surface area contributed by atoms with Gasteiger partial charge >= 0.3 is 0 Å². The molecular weight excluding hydrogens is 332 g/mol. The van der Waals surface area contributed by atoms with Gasteiger partial charge in [-0.2, -0.15) is 5.10 Å². The predicted octanol–water partition coefficient (Wildman–Crippen LogP) is 2.58. The molecule has 0 saturated heterocycles. The molecule has 0 spiro atoms. The molecule has 7 heteroatoms. The Morgan fingerprint density at radius 3 is 2.58 bits per heavy atom. The molecule has 1 N–H and O–H groups in total. The average molecular weight is 354 g/mol. The second kappa shape index (κ2) is 7.11. The van der Waals surface area contributed by atoms with E-state index >= 15 is 0 Å². The van der Waals surface area contributed by atoms with E-state index in [-0.39, 0.29) is 11.4 Å². The highest BCUT2D eigenvalue weighted by Gasteiger charge is 2.24. The number of carbonyl (C=O) groups excluding carboxylic acids is 1. The van der Waals surface area contributed by atoms with Crippen LogP contribution in [0.1, 0.15) is 42.0 Å². The van der Waals surface area contributed by atoms with Crippen molar-refractivity contribution in [2.75, 3.05) is 0 Å². The number of aryl methyl sites for hydroxylation is 3. The Labute approximate surface area is 151 Å². The van der Waals surface area contributed by atoms with Crippen LogP contribution in [0.2, 0.25) is 0 Å². The Balaban J connectivity index is 1.87. The first-order valence-corrected chi connectivity index (χ1v) is 8.61. The number of fused-ring (bicyclic) bond motifs is 1. The highest BCUT2D eigenvalue weighted by Crippen LogP contribution is 2.18. The van der Waals surface area contributed by atoms with Crippen LogP contribution < -0.4 is 10.9 Å². The van der Waals surface area contributed by atoms with Crippen molar-refractivity contribution >= 4 is 16.8 Å². The number of hydrogen-bond donors (Lipinski definition) is 1. The van der Waals surface area contributed by atoms with Crippen LogP contribution in [0.5, 0.6) is 0 Å². The molecule has 26 heavy (non-hydrogen) atoms. The van der Waals surface area contributed by atoms with Gasteiger partial charge in [-0.3, -0.25) is 9.59 Å². The van der Waals surface area contributed by atoms with E-state index in [4.69, 9.17) is 4.52 Å². The third-order valence-electron chi connectivity index (χ3n) is 4.46. The van der Waals surface area contributed by atoms with Crippen molar-refractivity contribution < 1.29 is 9.32 Å². The molecule has 0 aliphatic carbocycles. The molecule has 1 unspecified atom stereocenters. The van der Waals surface area contributed by atoms with Gasteiger partial charge in [0.25, 0.3) is 5.56 Å². The molecular formula is C19H22N4O3. The van der Waals surface area contributed by atoms with Gasteiger partial charge in [0, 0.05) is 6.54 Å². The van der Waals surface area contributed by atoms with E-state index in [1.807, 2.05) is 38.1 Å². The fourth-order valence-corrected chi connectivity index (χ4v) is 3.00. The van der Waals surface area contributed by atoms with Gasteiger partial charge in [-0.05, 0) is 32.8 Å². The van der Waals surface area contributed by atoms with Crippen molar-refractivity contribution in [2.24, 2.45) is 0 Å². The molecule has 1 aromatic carbocycles. The maximum Gasteiger partial charge on any atom is 0.297 e. The SMILES string of the molecule is CCC(C(=O)NCc1ccc(C)cc1)n1nc(C)c2c(C)onc2c1=O. The molecule has 0 aliphatic heterocycles. The highest BCUT2D eigenvalue weighted by molar-refractivity contribution is 5.83. The Bertz CT molecular complexity index is 1000. The summed E-state index contributed by atoms with van der Waals surface area (Å²) in [6, 6.07) is 7.22. The quantitative estimate of drug-likeness (QED) is 0.760. The summed E-state index contributed by atoms with van der Waals surface area (Å²) in [6.07, 6.45) is 0.439. The van der Waals surface area contributed by atoms with Crippen LogP contribution in [0.3, 0.4) is 0 Å². The van der Waals surface area contributed by atoms with Crippen molar-refractivity contribution in [1.29, 1.82) is 0 Å². The normalized spacial score (nSPS) is 12.3. The smallest absolute Gasteiger partial charge is 0.297 e. The van der Waals surface area contributed by atoms with Crippen LogP contribution in [0.15, 0.2) is 33.6 Å². The van der Waals surface area contributed by atoms with Gasteiger partial charge in [-0.15, -0.1) is 0 Å². The fraction of sp³-hybridized carbons (Fsp3) is 0.368. The number of nitrogens with one attached hydrogen (secondary N) is 1. The summed E-state index contributed by atoms with van der Waals surface area (Å²) in [7, 11) is 0. The van der Waals surface area contributed by atoms with Gasteiger partial charge in [0.05, 0.1) is 11.1 Å². The van der Waals surface area contributed by atoms with Crippen molar-refractivity contribution in [3.63, 3.8) is 0 Å². The summed E-state index contributed by atoms with van der Waals surface area (Å²) in [6.45, 7) is 7.77. The lowest BCUT2D eigenvalue weighted by molar-refractivity contribution is -0.125. The van der Waals surface area contributed by atoms with Crippen LogP contribution in [-0.4, -0.2) is 20.8 Å². The molecule has 0 aliphatic rings. The number of rotatable bonds is 5. The third kappa shape index (κ3) is 3.24. The monoisotopic (exact) mass is 354 g/mol. The zero-order valence-electron chi connectivity index (χ0n) is 15.4. The molecule has 0 bridgehead atoms.